The Morgan fingerprint density at radius 2 is 1.67 bits per heavy atom. The van der Waals surface area contributed by atoms with Gasteiger partial charge in [0.2, 0.25) is 0 Å². The number of carboxylic acids is 1. The zero-order valence-corrected chi connectivity index (χ0v) is 13.6. The third-order valence-electron chi connectivity index (χ3n) is 4.41. The first-order valence-corrected chi connectivity index (χ1v) is 7.82. The van der Waals surface area contributed by atoms with Crippen molar-refractivity contribution in [2.24, 2.45) is 0 Å². The first-order valence-electron chi connectivity index (χ1n) is 7.82. The number of amides is 2. The third-order valence-corrected chi connectivity index (χ3v) is 4.41. The van der Waals surface area contributed by atoms with Crippen molar-refractivity contribution in [3.63, 3.8) is 0 Å². The van der Waals surface area contributed by atoms with Crippen molar-refractivity contribution >= 4 is 39.9 Å². The van der Waals surface area contributed by atoms with Crippen LogP contribution < -0.4 is 4.90 Å². The highest BCUT2D eigenvalue weighted by Gasteiger charge is 2.36. The second-order valence-corrected chi connectivity index (χ2v) is 5.92. The molecule has 0 unspecified atom stereocenters. The number of hydrogen-bond acceptors (Lipinski definition) is 5. The second-order valence-electron chi connectivity index (χ2n) is 5.92. The molecule has 0 bridgehead atoms. The number of nitrogens with zero attached hydrogens (tertiary/aromatic N) is 2. The molecule has 8 nitrogen and oxygen atoms in total. The number of carboxylic acid groups (broad SMARTS) is 1. The van der Waals surface area contributed by atoms with Crippen LogP contribution in [-0.4, -0.2) is 27.8 Å². The summed E-state index contributed by atoms with van der Waals surface area (Å²) in [6, 6.07) is 12.7. The molecule has 1 aliphatic heterocycles. The SMILES string of the molecule is O=C(O)c1ccccc1N1C(=O)c2cccc3cc([N+](=O)[O-])cc(c23)C1=O. The fraction of sp³-hybridized carbons (Fsp3) is 0. The molecule has 132 valence electrons. The number of nitro benzene ring substituents is 1. The standard InChI is InChI=1S/C19H10N2O6/c22-17-13-6-3-4-10-8-11(21(26)27)9-14(16(10)13)18(23)20(17)15-7-2-1-5-12(15)19(24)25/h1-9H,(H,24,25). The van der Waals surface area contributed by atoms with E-state index in [0.29, 0.717) is 10.8 Å². The van der Waals surface area contributed by atoms with E-state index in [-0.39, 0.29) is 28.1 Å². The van der Waals surface area contributed by atoms with Gasteiger partial charge in [-0.05, 0) is 23.6 Å². The van der Waals surface area contributed by atoms with Crippen molar-refractivity contribution < 1.29 is 24.4 Å². The first-order chi connectivity index (χ1) is 12.9. The highest BCUT2D eigenvalue weighted by atomic mass is 16.6. The average molecular weight is 362 g/mol. The Bertz CT molecular complexity index is 1180. The van der Waals surface area contributed by atoms with Crippen LogP contribution in [-0.2, 0) is 0 Å². The van der Waals surface area contributed by atoms with Crippen molar-refractivity contribution in [3.8, 4) is 0 Å². The summed E-state index contributed by atoms with van der Waals surface area (Å²) in [6.07, 6.45) is 0. The van der Waals surface area contributed by atoms with Gasteiger partial charge >= 0.3 is 5.97 Å². The fourth-order valence-electron chi connectivity index (χ4n) is 3.27. The molecule has 1 aliphatic rings. The second kappa shape index (κ2) is 5.73. The van der Waals surface area contributed by atoms with E-state index in [1.807, 2.05) is 0 Å². The van der Waals surface area contributed by atoms with E-state index in [0.717, 1.165) is 11.0 Å². The highest BCUT2D eigenvalue weighted by Crippen LogP contribution is 2.36. The van der Waals surface area contributed by atoms with Gasteiger partial charge in [-0.2, -0.15) is 0 Å². The van der Waals surface area contributed by atoms with Crippen LogP contribution in [0.5, 0.6) is 0 Å². The lowest BCUT2D eigenvalue weighted by molar-refractivity contribution is -0.384. The summed E-state index contributed by atoms with van der Waals surface area (Å²) in [5.41, 5.74) is -0.440. The molecule has 0 saturated heterocycles. The van der Waals surface area contributed by atoms with Crippen LogP contribution in [0.25, 0.3) is 10.8 Å². The molecule has 27 heavy (non-hydrogen) atoms. The van der Waals surface area contributed by atoms with Crippen LogP contribution in [0.15, 0.2) is 54.6 Å². The van der Waals surface area contributed by atoms with Gasteiger partial charge in [0.15, 0.2) is 0 Å². The molecule has 3 aromatic rings. The maximum atomic E-state index is 13.1. The molecule has 0 radical (unpaired) electrons. The van der Waals surface area contributed by atoms with E-state index in [1.165, 1.54) is 36.4 Å². The van der Waals surface area contributed by atoms with Gasteiger partial charge in [0.05, 0.1) is 21.7 Å². The topological polar surface area (TPSA) is 118 Å². The van der Waals surface area contributed by atoms with Crippen LogP contribution >= 0.6 is 0 Å². The first kappa shape index (κ1) is 16.4. The zero-order chi connectivity index (χ0) is 19.3. The minimum Gasteiger partial charge on any atom is -0.478 e. The Balaban J connectivity index is 2.03. The van der Waals surface area contributed by atoms with Crippen molar-refractivity contribution in [1.82, 2.24) is 0 Å². The number of carbonyl (C=O) groups is 3. The summed E-state index contributed by atoms with van der Waals surface area (Å²) in [5, 5.41) is 21.3. The van der Waals surface area contributed by atoms with Gasteiger partial charge in [-0.1, -0.05) is 24.3 Å². The molecule has 4 rings (SSSR count). The van der Waals surface area contributed by atoms with Gasteiger partial charge in [0.25, 0.3) is 17.5 Å². The fourth-order valence-corrected chi connectivity index (χ4v) is 3.27. The quantitative estimate of drug-likeness (QED) is 0.434. The van der Waals surface area contributed by atoms with E-state index in [1.54, 1.807) is 12.1 Å². The summed E-state index contributed by atoms with van der Waals surface area (Å²) >= 11 is 0. The molecule has 0 aliphatic carbocycles. The van der Waals surface area contributed by atoms with Crippen LogP contribution in [0.4, 0.5) is 11.4 Å². The Morgan fingerprint density at radius 1 is 0.963 bits per heavy atom. The van der Waals surface area contributed by atoms with Crippen LogP contribution in [0, 0.1) is 10.1 Å². The summed E-state index contributed by atoms with van der Waals surface area (Å²) in [5.74, 6) is -2.78. The molecule has 0 spiro atoms. The van der Waals surface area contributed by atoms with E-state index < -0.39 is 22.7 Å². The predicted octanol–water partition coefficient (Wildman–Crippen LogP) is 3.25. The lowest BCUT2D eigenvalue weighted by atomic mass is 9.92. The largest absolute Gasteiger partial charge is 0.478 e. The van der Waals surface area contributed by atoms with Gasteiger partial charge in [0.1, 0.15) is 0 Å². The average Bonchev–Trinajstić information content (AvgIpc) is 2.65. The molecule has 2 amide bonds. The maximum absolute atomic E-state index is 13.1. The van der Waals surface area contributed by atoms with Crippen LogP contribution in [0.3, 0.4) is 0 Å². The van der Waals surface area contributed by atoms with Crippen molar-refractivity contribution in [2.75, 3.05) is 4.90 Å². The van der Waals surface area contributed by atoms with E-state index in [4.69, 9.17) is 0 Å². The zero-order valence-electron chi connectivity index (χ0n) is 13.6. The summed E-state index contributed by atoms with van der Waals surface area (Å²) in [7, 11) is 0. The number of nitro groups is 1. The summed E-state index contributed by atoms with van der Waals surface area (Å²) in [4.78, 5) is 48.9. The molecule has 0 saturated carbocycles. The van der Waals surface area contributed by atoms with Crippen molar-refractivity contribution in [2.45, 2.75) is 0 Å². The number of benzene rings is 3. The third kappa shape index (κ3) is 2.35. The van der Waals surface area contributed by atoms with Crippen molar-refractivity contribution in [1.29, 1.82) is 0 Å². The summed E-state index contributed by atoms with van der Waals surface area (Å²) in [6.45, 7) is 0. The lowest BCUT2D eigenvalue weighted by Crippen LogP contribution is -2.41. The molecular weight excluding hydrogens is 352 g/mol. The Kier molecular flexibility index (Phi) is 3.48. The Morgan fingerprint density at radius 3 is 2.37 bits per heavy atom. The highest BCUT2D eigenvalue weighted by molar-refractivity contribution is 6.36. The number of anilines is 1. The maximum Gasteiger partial charge on any atom is 0.337 e. The predicted molar refractivity (Wildman–Crippen MR) is 95.1 cm³/mol. The lowest BCUT2D eigenvalue weighted by Gasteiger charge is -2.28. The molecule has 1 N–H and O–H groups in total. The van der Waals surface area contributed by atoms with Gasteiger partial charge in [-0.15, -0.1) is 0 Å². The number of rotatable bonds is 3. The van der Waals surface area contributed by atoms with Gasteiger partial charge in [-0.25, -0.2) is 9.69 Å². The van der Waals surface area contributed by atoms with Crippen LogP contribution in [0.2, 0.25) is 0 Å². The number of hydrogen-bond donors (Lipinski definition) is 1. The Hall–Kier alpha value is -4.07. The number of imide groups is 1. The molecule has 0 atom stereocenters. The minimum absolute atomic E-state index is 0.0189. The summed E-state index contributed by atoms with van der Waals surface area (Å²) < 4.78 is 0. The number of non-ortho nitro benzene ring substituents is 1. The molecule has 0 fully saturated rings. The van der Waals surface area contributed by atoms with E-state index in [9.17, 15) is 29.6 Å². The normalized spacial score (nSPS) is 13.1. The van der Waals surface area contributed by atoms with Gasteiger partial charge < -0.3 is 5.11 Å². The molecule has 1 heterocycles. The van der Waals surface area contributed by atoms with Gasteiger partial charge in [-0.3, -0.25) is 19.7 Å². The molecule has 0 aromatic heterocycles. The molecule has 3 aromatic carbocycles. The molecular formula is C19H10N2O6. The Labute approximate surface area is 151 Å². The number of carbonyl (C=O) groups excluding carboxylic acids is 2. The number of aromatic carboxylic acids is 1. The monoisotopic (exact) mass is 362 g/mol. The van der Waals surface area contributed by atoms with E-state index in [2.05, 4.69) is 0 Å². The van der Waals surface area contributed by atoms with E-state index >= 15 is 0 Å². The minimum atomic E-state index is -1.30. The smallest absolute Gasteiger partial charge is 0.337 e. The molecule has 8 heteroatoms. The number of para-hydroxylation sites is 1. The van der Waals surface area contributed by atoms with Crippen molar-refractivity contribution in [3.05, 3.63) is 81.4 Å². The van der Waals surface area contributed by atoms with Crippen LogP contribution in [0.1, 0.15) is 31.1 Å². The van der Waals surface area contributed by atoms with Gasteiger partial charge in [0, 0.05) is 23.1 Å².